The van der Waals surface area contributed by atoms with Crippen LogP contribution < -0.4 is 4.74 Å². The highest BCUT2D eigenvalue weighted by Gasteiger charge is 2.19. The van der Waals surface area contributed by atoms with Crippen molar-refractivity contribution in [3.63, 3.8) is 0 Å². The lowest BCUT2D eigenvalue weighted by atomic mass is 10.1. The number of esters is 1. The molecule has 0 fully saturated rings. The Bertz CT molecular complexity index is 431. The number of rotatable bonds is 1. The van der Waals surface area contributed by atoms with E-state index < -0.39 is 0 Å². The fourth-order valence-corrected chi connectivity index (χ4v) is 2.09. The van der Waals surface area contributed by atoms with Crippen molar-refractivity contribution in [1.82, 2.24) is 4.90 Å². The summed E-state index contributed by atoms with van der Waals surface area (Å²) in [6.45, 7) is 3.74. The molecule has 1 heterocycles. The highest BCUT2D eigenvalue weighted by molar-refractivity contribution is 5.89. The summed E-state index contributed by atoms with van der Waals surface area (Å²) in [4.78, 5) is 13.6. The molecule has 0 bridgehead atoms. The number of fused-ring (bicyclic) bond motifs is 1. The molecule has 0 N–H and O–H groups in total. The zero-order chi connectivity index (χ0) is 12.4. The van der Waals surface area contributed by atoms with Gasteiger partial charge in [-0.2, -0.15) is 0 Å². The molecule has 0 spiro atoms. The number of benzene rings is 1. The fraction of sp³-hybridized carbons (Fsp3) is 0.462. The first-order valence-corrected chi connectivity index (χ1v) is 5.66. The number of carbonyl (C=O) groups excluding carboxylic acids is 1. The molecule has 1 aromatic carbocycles. The van der Waals surface area contributed by atoms with Crippen LogP contribution in [0.2, 0.25) is 0 Å². The van der Waals surface area contributed by atoms with Crippen molar-refractivity contribution >= 4 is 5.97 Å². The SMILES string of the molecule is COC(=O)c1ccc2c(c1)O[C@@H](C)CN(C)C2. The minimum atomic E-state index is -0.332. The van der Waals surface area contributed by atoms with Crippen LogP contribution in [0.4, 0.5) is 0 Å². The van der Waals surface area contributed by atoms with Crippen molar-refractivity contribution in [3.8, 4) is 5.75 Å². The zero-order valence-electron chi connectivity index (χ0n) is 10.4. The zero-order valence-corrected chi connectivity index (χ0v) is 10.4. The molecule has 0 saturated heterocycles. The van der Waals surface area contributed by atoms with E-state index in [0.29, 0.717) is 5.56 Å². The number of ether oxygens (including phenoxy) is 2. The molecule has 4 heteroatoms. The summed E-state index contributed by atoms with van der Waals surface area (Å²) >= 11 is 0. The molecular weight excluding hydrogens is 218 g/mol. The molecule has 92 valence electrons. The Morgan fingerprint density at radius 2 is 2.29 bits per heavy atom. The molecule has 1 aromatic rings. The van der Waals surface area contributed by atoms with Crippen molar-refractivity contribution in [2.75, 3.05) is 20.7 Å². The van der Waals surface area contributed by atoms with E-state index in [1.165, 1.54) is 7.11 Å². The van der Waals surface area contributed by atoms with Crippen molar-refractivity contribution < 1.29 is 14.3 Å². The normalized spacial score (nSPS) is 20.1. The minimum Gasteiger partial charge on any atom is -0.489 e. The smallest absolute Gasteiger partial charge is 0.337 e. The molecule has 1 aliphatic rings. The standard InChI is InChI=1S/C13H17NO3/c1-9-7-14(2)8-11-5-4-10(13(15)16-3)6-12(11)17-9/h4-6,9H,7-8H2,1-3H3/t9-/m0/s1. The van der Waals surface area contributed by atoms with E-state index in [1.807, 2.05) is 13.0 Å². The Kier molecular flexibility index (Phi) is 3.33. The van der Waals surface area contributed by atoms with Crippen LogP contribution in [0.5, 0.6) is 5.75 Å². The maximum atomic E-state index is 11.4. The van der Waals surface area contributed by atoms with E-state index in [9.17, 15) is 4.79 Å². The van der Waals surface area contributed by atoms with E-state index in [-0.39, 0.29) is 12.1 Å². The minimum absolute atomic E-state index is 0.120. The number of hydrogen-bond acceptors (Lipinski definition) is 4. The lowest BCUT2D eigenvalue weighted by molar-refractivity contribution is 0.0600. The quantitative estimate of drug-likeness (QED) is 0.694. The highest BCUT2D eigenvalue weighted by Crippen LogP contribution is 2.26. The largest absolute Gasteiger partial charge is 0.489 e. The van der Waals surface area contributed by atoms with Crippen molar-refractivity contribution in [1.29, 1.82) is 0 Å². The summed E-state index contributed by atoms with van der Waals surface area (Å²) in [6.07, 6.45) is 0.120. The Balaban J connectivity index is 2.34. The van der Waals surface area contributed by atoms with Gasteiger partial charge in [-0.25, -0.2) is 4.79 Å². The van der Waals surface area contributed by atoms with Crippen LogP contribution in [0, 0.1) is 0 Å². The lowest BCUT2D eigenvalue weighted by Crippen LogP contribution is -2.27. The third-order valence-corrected chi connectivity index (χ3v) is 2.83. The molecular formula is C13H17NO3. The van der Waals surface area contributed by atoms with Crippen molar-refractivity contribution in [3.05, 3.63) is 29.3 Å². The number of methoxy groups -OCH3 is 1. The predicted molar refractivity (Wildman–Crippen MR) is 64.2 cm³/mol. The van der Waals surface area contributed by atoms with Gasteiger partial charge in [0.2, 0.25) is 0 Å². The molecule has 0 amide bonds. The van der Waals surface area contributed by atoms with E-state index in [2.05, 4.69) is 11.9 Å². The fourth-order valence-electron chi connectivity index (χ4n) is 2.09. The summed E-state index contributed by atoms with van der Waals surface area (Å²) < 4.78 is 10.5. The van der Waals surface area contributed by atoms with Gasteiger partial charge in [-0.1, -0.05) is 6.07 Å². The van der Waals surface area contributed by atoms with Gasteiger partial charge < -0.3 is 9.47 Å². The molecule has 2 rings (SSSR count). The van der Waals surface area contributed by atoms with Crippen LogP contribution in [-0.4, -0.2) is 37.7 Å². The van der Waals surface area contributed by atoms with Gasteiger partial charge in [0, 0.05) is 18.7 Å². The van der Waals surface area contributed by atoms with Crippen LogP contribution in [-0.2, 0) is 11.3 Å². The topological polar surface area (TPSA) is 38.8 Å². The molecule has 0 aliphatic carbocycles. The third-order valence-electron chi connectivity index (χ3n) is 2.83. The van der Waals surface area contributed by atoms with Gasteiger partial charge in [0.1, 0.15) is 11.9 Å². The second kappa shape index (κ2) is 4.75. The Morgan fingerprint density at radius 3 is 3.00 bits per heavy atom. The molecule has 1 atom stereocenters. The third kappa shape index (κ3) is 2.58. The van der Waals surface area contributed by atoms with Crippen molar-refractivity contribution in [2.45, 2.75) is 19.6 Å². The molecule has 0 saturated carbocycles. The van der Waals surface area contributed by atoms with E-state index in [1.54, 1.807) is 12.1 Å². The Morgan fingerprint density at radius 1 is 1.53 bits per heavy atom. The van der Waals surface area contributed by atoms with E-state index >= 15 is 0 Å². The monoisotopic (exact) mass is 235 g/mol. The van der Waals surface area contributed by atoms with Gasteiger partial charge in [0.15, 0.2) is 0 Å². The van der Waals surface area contributed by atoms with Crippen LogP contribution in [0.15, 0.2) is 18.2 Å². The molecule has 0 unspecified atom stereocenters. The summed E-state index contributed by atoms with van der Waals surface area (Å²) in [5.41, 5.74) is 1.63. The first kappa shape index (κ1) is 11.9. The van der Waals surface area contributed by atoms with Crippen LogP contribution in [0.3, 0.4) is 0 Å². The Labute approximate surface area is 101 Å². The van der Waals surface area contributed by atoms with Gasteiger partial charge in [-0.3, -0.25) is 4.90 Å². The number of nitrogens with zero attached hydrogens (tertiary/aromatic N) is 1. The van der Waals surface area contributed by atoms with E-state index in [0.717, 1.165) is 24.4 Å². The number of likely N-dealkylation sites (N-methyl/N-ethyl adjacent to an activating group) is 1. The van der Waals surface area contributed by atoms with E-state index in [4.69, 9.17) is 9.47 Å². The second-order valence-corrected chi connectivity index (χ2v) is 4.44. The van der Waals surface area contributed by atoms with Crippen LogP contribution in [0.1, 0.15) is 22.8 Å². The second-order valence-electron chi connectivity index (χ2n) is 4.44. The first-order valence-electron chi connectivity index (χ1n) is 5.66. The summed E-state index contributed by atoms with van der Waals surface area (Å²) in [7, 11) is 3.44. The molecule has 17 heavy (non-hydrogen) atoms. The van der Waals surface area contributed by atoms with Gasteiger partial charge in [0.05, 0.1) is 12.7 Å². The average molecular weight is 235 g/mol. The average Bonchev–Trinajstić information content (AvgIpc) is 2.43. The van der Waals surface area contributed by atoms with Crippen LogP contribution in [0.25, 0.3) is 0 Å². The first-order chi connectivity index (χ1) is 8.10. The Hall–Kier alpha value is -1.55. The van der Waals surface area contributed by atoms with Crippen LogP contribution >= 0.6 is 0 Å². The van der Waals surface area contributed by atoms with Gasteiger partial charge in [-0.05, 0) is 26.1 Å². The van der Waals surface area contributed by atoms with Gasteiger partial charge in [0.25, 0.3) is 0 Å². The summed E-state index contributed by atoms with van der Waals surface area (Å²) in [6, 6.07) is 5.46. The summed E-state index contributed by atoms with van der Waals surface area (Å²) in [5, 5.41) is 0. The lowest BCUT2D eigenvalue weighted by Gasteiger charge is -2.15. The summed E-state index contributed by atoms with van der Waals surface area (Å²) in [5.74, 6) is 0.450. The molecule has 1 aliphatic heterocycles. The van der Waals surface area contributed by atoms with Crippen molar-refractivity contribution in [2.24, 2.45) is 0 Å². The highest BCUT2D eigenvalue weighted by atomic mass is 16.5. The molecule has 0 aromatic heterocycles. The maximum Gasteiger partial charge on any atom is 0.337 e. The maximum absolute atomic E-state index is 11.4. The van der Waals surface area contributed by atoms with Gasteiger partial charge >= 0.3 is 5.97 Å². The molecule has 0 radical (unpaired) electrons. The number of hydrogen-bond donors (Lipinski definition) is 0. The predicted octanol–water partition coefficient (Wildman–Crippen LogP) is 1.69. The molecule has 4 nitrogen and oxygen atoms in total. The van der Waals surface area contributed by atoms with Gasteiger partial charge in [-0.15, -0.1) is 0 Å². The number of carbonyl (C=O) groups is 1.